The van der Waals surface area contributed by atoms with Crippen molar-refractivity contribution < 1.29 is 57.0 Å². The van der Waals surface area contributed by atoms with Gasteiger partial charge in [-0.3, -0.25) is 9.59 Å². The molecule has 0 fully saturated rings. The minimum absolute atomic E-state index is 0.366. The van der Waals surface area contributed by atoms with E-state index in [1.54, 1.807) is 25.6 Å². The Morgan fingerprint density at radius 1 is 0.391 bits per heavy atom. The van der Waals surface area contributed by atoms with Crippen LogP contribution in [0.4, 0.5) is 0 Å². The number of aldehydes is 2. The maximum atomic E-state index is 12.1. The average Bonchev–Trinajstić information content (AvgIpc) is 4.05. The molecule has 0 saturated heterocycles. The van der Waals surface area contributed by atoms with Crippen LogP contribution in [0.5, 0.6) is 0 Å². The van der Waals surface area contributed by atoms with E-state index >= 15 is 0 Å². The van der Waals surface area contributed by atoms with Crippen LogP contribution in [0.2, 0.25) is 0 Å². The normalized spacial score (nSPS) is 11.6. The highest BCUT2D eigenvalue weighted by Crippen LogP contribution is 2.46. The highest BCUT2D eigenvalue weighted by molar-refractivity contribution is 7.27. The first-order valence-corrected chi connectivity index (χ1v) is 26.0. The Kier molecular flexibility index (Phi) is 34.4. The SMILES string of the molecule is CCCCCCCCCCCCCCCc1cc(-c2sc(C=O)cc2COCCOCCOCCOCCOC)sc1-c1sc(C=O)cc1COCCOCCOCCOCCOC. The molecule has 3 heterocycles. The predicted molar refractivity (Wildman–Crippen MR) is 259 cm³/mol. The second-order valence-electron chi connectivity index (χ2n) is 15.5. The van der Waals surface area contributed by atoms with Gasteiger partial charge in [-0.15, -0.1) is 34.0 Å². The van der Waals surface area contributed by atoms with Gasteiger partial charge in [0.2, 0.25) is 0 Å². The number of carbonyl (C=O) groups excluding carboxylic acids is 2. The van der Waals surface area contributed by atoms with Crippen molar-refractivity contribution in [3.8, 4) is 19.5 Å². The molecule has 0 aliphatic rings. The van der Waals surface area contributed by atoms with Gasteiger partial charge in [0.15, 0.2) is 12.6 Å². The Labute approximate surface area is 395 Å². The van der Waals surface area contributed by atoms with Crippen molar-refractivity contribution in [3.05, 3.63) is 44.6 Å². The number of rotatable bonds is 46. The molecular weight excluding hydrogens is 877 g/mol. The van der Waals surface area contributed by atoms with E-state index in [2.05, 4.69) is 13.0 Å². The van der Waals surface area contributed by atoms with Crippen molar-refractivity contribution >= 4 is 46.6 Å². The van der Waals surface area contributed by atoms with Gasteiger partial charge >= 0.3 is 0 Å². The third-order valence-corrected chi connectivity index (χ3v) is 14.0. The molecule has 0 aliphatic carbocycles. The lowest BCUT2D eigenvalue weighted by Crippen LogP contribution is -2.12. The lowest BCUT2D eigenvalue weighted by atomic mass is 10.0. The van der Waals surface area contributed by atoms with Gasteiger partial charge in [0, 0.05) is 24.0 Å². The zero-order valence-electron chi connectivity index (χ0n) is 39.1. The van der Waals surface area contributed by atoms with Crippen molar-refractivity contribution in [2.75, 3.05) is 120 Å². The predicted octanol–water partition coefficient (Wildman–Crippen LogP) is 10.9. The van der Waals surface area contributed by atoms with Crippen LogP contribution in [0, 0.1) is 0 Å². The van der Waals surface area contributed by atoms with Gasteiger partial charge in [-0.2, -0.15) is 0 Å². The average molecular weight is 955 g/mol. The minimum Gasteiger partial charge on any atom is -0.382 e. The molecule has 0 atom stereocenters. The number of aryl methyl sites for hydroxylation is 1. The molecule has 364 valence electrons. The fraction of sp³-hybridized carbons (Fsp3) is 0.714. The number of carbonyl (C=O) groups is 2. The summed E-state index contributed by atoms with van der Waals surface area (Å²) in [5, 5.41) is 0. The van der Waals surface area contributed by atoms with E-state index in [4.69, 9.17) is 47.4 Å². The van der Waals surface area contributed by atoms with Crippen molar-refractivity contribution in [2.24, 2.45) is 0 Å². The summed E-state index contributed by atoms with van der Waals surface area (Å²) in [4.78, 5) is 29.9. The fourth-order valence-corrected chi connectivity index (χ4v) is 10.4. The molecule has 0 saturated carbocycles. The molecular formula is C49H78O12S3. The molecule has 0 aromatic carbocycles. The van der Waals surface area contributed by atoms with E-state index in [0.29, 0.717) is 129 Å². The number of methoxy groups -OCH3 is 2. The Hall–Kier alpha value is -1.96. The van der Waals surface area contributed by atoms with E-state index < -0.39 is 0 Å². The molecule has 0 aliphatic heterocycles. The molecule has 3 aromatic heterocycles. The highest BCUT2D eigenvalue weighted by atomic mass is 32.1. The van der Waals surface area contributed by atoms with E-state index in [1.807, 2.05) is 12.1 Å². The third-order valence-electron chi connectivity index (χ3n) is 10.3. The van der Waals surface area contributed by atoms with E-state index in [1.165, 1.54) is 105 Å². The first kappa shape index (κ1) is 56.4. The number of hydrogen-bond acceptors (Lipinski definition) is 15. The van der Waals surface area contributed by atoms with Crippen LogP contribution >= 0.6 is 34.0 Å². The van der Waals surface area contributed by atoms with Crippen molar-refractivity contribution in [1.82, 2.24) is 0 Å². The topological polar surface area (TPSA) is 126 Å². The molecule has 15 heteroatoms. The summed E-state index contributed by atoms with van der Waals surface area (Å²) in [6.45, 7) is 11.0. The van der Waals surface area contributed by atoms with Gasteiger partial charge < -0.3 is 47.4 Å². The molecule has 0 unspecified atom stereocenters. The molecule has 0 N–H and O–H groups in total. The lowest BCUT2D eigenvalue weighted by Gasteiger charge is -2.09. The van der Waals surface area contributed by atoms with Gasteiger partial charge in [0.25, 0.3) is 0 Å². The van der Waals surface area contributed by atoms with E-state index in [-0.39, 0.29) is 0 Å². The molecule has 64 heavy (non-hydrogen) atoms. The molecule has 0 radical (unpaired) electrons. The van der Waals surface area contributed by atoms with Gasteiger partial charge in [0.05, 0.1) is 138 Å². The Morgan fingerprint density at radius 3 is 1.14 bits per heavy atom. The van der Waals surface area contributed by atoms with Crippen LogP contribution in [0.3, 0.4) is 0 Å². The maximum absolute atomic E-state index is 12.1. The fourth-order valence-electron chi connectivity index (χ4n) is 6.85. The first-order chi connectivity index (χ1) is 31.6. The maximum Gasteiger partial charge on any atom is 0.160 e. The summed E-state index contributed by atoms with van der Waals surface area (Å²) in [5.74, 6) is 0. The molecule has 0 bridgehead atoms. The summed E-state index contributed by atoms with van der Waals surface area (Å²) in [6, 6.07) is 6.18. The zero-order valence-corrected chi connectivity index (χ0v) is 41.6. The second kappa shape index (κ2) is 39.1. The molecule has 0 amide bonds. The summed E-state index contributed by atoms with van der Waals surface area (Å²) < 4.78 is 55.5. The van der Waals surface area contributed by atoms with Gasteiger partial charge in [-0.05, 0) is 47.7 Å². The Morgan fingerprint density at radius 2 is 0.734 bits per heavy atom. The van der Waals surface area contributed by atoms with Crippen molar-refractivity contribution in [2.45, 2.75) is 110 Å². The quantitative estimate of drug-likeness (QED) is 0.0395. The van der Waals surface area contributed by atoms with Crippen LogP contribution in [0.15, 0.2) is 18.2 Å². The zero-order chi connectivity index (χ0) is 45.6. The van der Waals surface area contributed by atoms with Crippen LogP contribution in [0.1, 0.15) is 126 Å². The highest BCUT2D eigenvalue weighted by Gasteiger charge is 2.21. The number of thiophene rings is 3. The smallest absolute Gasteiger partial charge is 0.160 e. The van der Waals surface area contributed by atoms with Crippen molar-refractivity contribution in [3.63, 3.8) is 0 Å². The van der Waals surface area contributed by atoms with E-state index in [0.717, 1.165) is 56.0 Å². The summed E-state index contributed by atoms with van der Waals surface area (Å²) in [7, 11) is 3.30. The van der Waals surface area contributed by atoms with Gasteiger partial charge in [0.1, 0.15) is 0 Å². The molecule has 3 rings (SSSR count). The molecule has 12 nitrogen and oxygen atoms in total. The van der Waals surface area contributed by atoms with E-state index in [9.17, 15) is 9.59 Å². The third kappa shape index (κ3) is 25.3. The van der Waals surface area contributed by atoms with Crippen molar-refractivity contribution in [1.29, 1.82) is 0 Å². The second-order valence-corrected chi connectivity index (χ2v) is 18.7. The van der Waals surface area contributed by atoms with Gasteiger partial charge in [-0.1, -0.05) is 84.0 Å². The monoisotopic (exact) mass is 954 g/mol. The Balaban J connectivity index is 1.59. The lowest BCUT2D eigenvalue weighted by molar-refractivity contribution is -0.00943. The first-order valence-electron chi connectivity index (χ1n) is 23.5. The summed E-state index contributed by atoms with van der Waals surface area (Å²) >= 11 is 4.73. The molecule has 3 aromatic rings. The van der Waals surface area contributed by atoms with Gasteiger partial charge in [-0.25, -0.2) is 0 Å². The summed E-state index contributed by atoms with van der Waals surface area (Å²) in [5.41, 5.74) is 3.24. The number of ether oxygens (including phenoxy) is 10. The standard InChI is InChI=1S/C49H78O12S3/c1-4-5-6-7-8-9-10-11-12-13-14-15-16-17-41-36-46(47-42(34-44(37-50)62-47)39-60-32-30-58-28-26-56-24-22-54-20-18-52-2)64-48(41)49-43(35-45(38-51)63-49)40-61-33-31-59-29-27-57-25-23-55-21-19-53-3/h34-38H,4-33,39-40H2,1-3H3. The largest absolute Gasteiger partial charge is 0.382 e. The van der Waals surface area contributed by atoms with Crippen LogP contribution in [0.25, 0.3) is 19.5 Å². The van der Waals surface area contributed by atoms with Crippen LogP contribution < -0.4 is 0 Å². The molecule has 0 spiro atoms. The van der Waals surface area contributed by atoms with Crippen LogP contribution in [-0.4, -0.2) is 133 Å². The summed E-state index contributed by atoms with van der Waals surface area (Å²) in [6.07, 6.45) is 19.8. The number of unbranched alkanes of at least 4 members (excludes halogenated alkanes) is 12. The minimum atomic E-state index is 0.366. The Bertz CT molecular complexity index is 1570. The van der Waals surface area contributed by atoms with Crippen LogP contribution in [-0.2, 0) is 67.0 Å². The number of hydrogen-bond donors (Lipinski definition) is 0.